The number of nitrogens with zero attached hydrogens (tertiary/aromatic N) is 1. The average molecular weight is 235 g/mol. The lowest BCUT2D eigenvalue weighted by molar-refractivity contribution is 0.283. The molecule has 1 saturated carbocycles. The summed E-state index contributed by atoms with van der Waals surface area (Å²) in [5.74, 6) is 1.92. The van der Waals surface area contributed by atoms with E-state index >= 15 is 0 Å². The van der Waals surface area contributed by atoms with Crippen LogP contribution in [0.4, 0.5) is 0 Å². The molecule has 0 aromatic heterocycles. The van der Waals surface area contributed by atoms with E-state index in [-0.39, 0.29) is 0 Å². The molecule has 1 aliphatic heterocycles. The molecule has 0 aromatic carbocycles. The van der Waals surface area contributed by atoms with E-state index in [1.807, 2.05) is 0 Å². The Morgan fingerprint density at radius 3 is 2.35 bits per heavy atom. The maximum Gasteiger partial charge on any atom is 0.0172 e. The number of allylic oxidation sites excluding steroid dienone is 1. The lowest BCUT2D eigenvalue weighted by atomic mass is 9.80. The Bertz CT molecular complexity index is 220. The van der Waals surface area contributed by atoms with Gasteiger partial charge in [0.05, 0.1) is 0 Å². The minimum atomic E-state index is 0.880. The minimum Gasteiger partial charge on any atom is -0.378 e. The zero-order chi connectivity index (χ0) is 11.9. The van der Waals surface area contributed by atoms with Gasteiger partial charge in [0.25, 0.3) is 0 Å². The quantitative estimate of drug-likeness (QED) is 0.688. The van der Waals surface area contributed by atoms with Gasteiger partial charge in [-0.1, -0.05) is 25.8 Å². The molecule has 98 valence electrons. The summed E-state index contributed by atoms with van der Waals surface area (Å²) in [5, 5.41) is 0. The standard InChI is InChI=1S/C16H29N/c1-2-6-15-7-9-16(10-8-15)11-14-17-12-4-3-5-13-17/h11,14-16H,2-10,12-13H2,1H3/t15-,16-. The summed E-state index contributed by atoms with van der Waals surface area (Å²) in [6, 6.07) is 0. The zero-order valence-electron chi connectivity index (χ0n) is 11.5. The monoisotopic (exact) mass is 235 g/mol. The molecule has 1 saturated heterocycles. The molecule has 0 N–H and O–H groups in total. The highest BCUT2D eigenvalue weighted by Gasteiger charge is 2.18. The molecule has 0 radical (unpaired) electrons. The van der Waals surface area contributed by atoms with Crippen LogP contribution in [0.3, 0.4) is 0 Å². The molecule has 1 heteroatoms. The summed E-state index contributed by atoms with van der Waals surface area (Å²) < 4.78 is 0. The number of hydrogen-bond donors (Lipinski definition) is 0. The fraction of sp³-hybridized carbons (Fsp3) is 0.875. The van der Waals surface area contributed by atoms with E-state index in [4.69, 9.17) is 0 Å². The predicted molar refractivity (Wildman–Crippen MR) is 74.9 cm³/mol. The molecule has 0 bridgehead atoms. The fourth-order valence-electron chi connectivity index (χ4n) is 3.39. The van der Waals surface area contributed by atoms with Crippen LogP contribution in [-0.4, -0.2) is 18.0 Å². The van der Waals surface area contributed by atoms with Gasteiger partial charge in [-0.05, 0) is 63.0 Å². The van der Waals surface area contributed by atoms with E-state index in [2.05, 4.69) is 24.1 Å². The van der Waals surface area contributed by atoms with Crippen LogP contribution in [0.15, 0.2) is 12.3 Å². The number of likely N-dealkylation sites (tertiary alicyclic amines) is 1. The first kappa shape index (κ1) is 13.0. The Balaban J connectivity index is 1.68. The van der Waals surface area contributed by atoms with Crippen molar-refractivity contribution in [1.29, 1.82) is 0 Å². The van der Waals surface area contributed by atoms with E-state index < -0.39 is 0 Å². The summed E-state index contributed by atoms with van der Waals surface area (Å²) in [7, 11) is 0. The number of piperidine rings is 1. The van der Waals surface area contributed by atoms with E-state index in [0.717, 1.165) is 11.8 Å². The van der Waals surface area contributed by atoms with E-state index in [1.54, 1.807) is 0 Å². The van der Waals surface area contributed by atoms with Crippen LogP contribution in [0.5, 0.6) is 0 Å². The van der Waals surface area contributed by atoms with Crippen LogP contribution in [0.2, 0.25) is 0 Å². The van der Waals surface area contributed by atoms with Crippen molar-refractivity contribution in [1.82, 2.24) is 4.90 Å². The van der Waals surface area contributed by atoms with Crippen LogP contribution < -0.4 is 0 Å². The van der Waals surface area contributed by atoms with Crippen LogP contribution in [0.25, 0.3) is 0 Å². The van der Waals surface area contributed by atoms with Crippen LogP contribution >= 0.6 is 0 Å². The van der Waals surface area contributed by atoms with Crippen molar-refractivity contribution in [3.63, 3.8) is 0 Å². The topological polar surface area (TPSA) is 3.24 Å². The zero-order valence-corrected chi connectivity index (χ0v) is 11.5. The van der Waals surface area contributed by atoms with Crippen molar-refractivity contribution in [3.8, 4) is 0 Å². The SMILES string of the molecule is CCC[C@H]1CC[C@H](C=CN2CCCCC2)CC1. The maximum absolute atomic E-state index is 2.53. The molecule has 0 aromatic rings. The highest BCUT2D eigenvalue weighted by molar-refractivity contribution is 4.91. The summed E-state index contributed by atoms with van der Waals surface area (Å²) >= 11 is 0. The number of rotatable bonds is 4. The number of hydrogen-bond acceptors (Lipinski definition) is 1. The minimum absolute atomic E-state index is 0.880. The molecule has 0 unspecified atom stereocenters. The molecule has 0 atom stereocenters. The van der Waals surface area contributed by atoms with Crippen molar-refractivity contribution in [2.45, 2.75) is 64.7 Å². The third kappa shape index (κ3) is 4.37. The molecule has 1 aliphatic carbocycles. The highest BCUT2D eigenvalue weighted by atomic mass is 15.1. The summed E-state index contributed by atoms with van der Waals surface area (Å²) in [5.41, 5.74) is 0. The Labute approximate surface area is 107 Å². The van der Waals surface area contributed by atoms with Gasteiger partial charge in [0, 0.05) is 13.1 Å². The van der Waals surface area contributed by atoms with E-state index in [9.17, 15) is 0 Å². The largest absolute Gasteiger partial charge is 0.378 e. The van der Waals surface area contributed by atoms with Gasteiger partial charge < -0.3 is 4.90 Å². The molecule has 0 spiro atoms. The van der Waals surface area contributed by atoms with Crippen molar-refractivity contribution in [3.05, 3.63) is 12.3 Å². The Kier molecular flexibility index (Phi) is 5.41. The normalized spacial score (nSPS) is 31.0. The third-order valence-corrected chi connectivity index (χ3v) is 4.55. The molecule has 0 amide bonds. The average Bonchev–Trinajstić information content (AvgIpc) is 2.40. The summed E-state index contributed by atoms with van der Waals surface area (Å²) in [6.45, 7) is 4.91. The van der Waals surface area contributed by atoms with Crippen molar-refractivity contribution in [2.75, 3.05) is 13.1 Å². The van der Waals surface area contributed by atoms with Crippen LogP contribution in [0, 0.1) is 11.8 Å². The van der Waals surface area contributed by atoms with Crippen LogP contribution in [-0.2, 0) is 0 Å². The lowest BCUT2D eigenvalue weighted by Crippen LogP contribution is -2.24. The van der Waals surface area contributed by atoms with Gasteiger partial charge >= 0.3 is 0 Å². The van der Waals surface area contributed by atoms with Gasteiger partial charge in [-0.3, -0.25) is 0 Å². The molecule has 2 fully saturated rings. The third-order valence-electron chi connectivity index (χ3n) is 4.55. The summed E-state index contributed by atoms with van der Waals surface area (Å²) in [6.07, 6.45) is 17.8. The molecule has 2 aliphatic rings. The van der Waals surface area contributed by atoms with Crippen molar-refractivity contribution < 1.29 is 0 Å². The Morgan fingerprint density at radius 2 is 1.71 bits per heavy atom. The molecule has 2 rings (SSSR count). The highest BCUT2D eigenvalue weighted by Crippen LogP contribution is 2.32. The lowest BCUT2D eigenvalue weighted by Gasteiger charge is -2.28. The smallest absolute Gasteiger partial charge is 0.0172 e. The van der Waals surface area contributed by atoms with Gasteiger partial charge in [0.2, 0.25) is 0 Å². The van der Waals surface area contributed by atoms with Gasteiger partial charge in [0.15, 0.2) is 0 Å². The molecule has 1 nitrogen and oxygen atoms in total. The second kappa shape index (κ2) is 7.08. The first-order chi connectivity index (χ1) is 8.38. The molecular formula is C16H29N. The van der Waals surface area contributed by atoms with Crippen molar-refractivity contribution in [2.24, 2.45) is 11.8 Å². The van der Waals surface area contributed by atoms with Gasteiger partial charge in [-0.25, -0.2) is 0 Å². The van der Waals surface area contributed by atoms with Gasteiger partial charge in [-0.15, -0.1) is 0 Å². The summed E-state index contributed by atoms with van der Waals surface area (Å²) in [4.78, 5) is 2.53. The Morgan fingerprint density at radius 1 is 1.00 bits per heavy atom. The van der Waals surface area contributed by atoms with E-state index in [1.165, 1.54) is 70.9 Å². The molecule has 1 heterocycles. The molecule has 17 heavy (non-hydrogen) atoms. The second-order valence-corrected chi connectivity index (χ2v) is 6.01. The first-order valence-electron chi connectivity index (χ1n) is 7.81. The second-order valence-electron chi connectivity index (χ2n) is 6.01. The predicted octanol–water partition coefficient (Wildman–Crippen LogP) is 4.59. The van der Waals surface area contributed by atoms with Crippen LogP contribution in [0.1, 0.15) is 64.7 Å². The fourth-order valence-corrected chi connectivity index (χ4v) is 3.39. The first-order valence-corrected chi connectivity index (χ1v) is 7.81. The maximum atomic E-state index is 2.53. The van der Waals surface area contributed by atoms with Gasteiger partial charge in [-0.2, -0.15) is 0 Å². The van der Waals surface area contributed by atoms with E-state index in [0.29, 0.717) is 0 Å². The van der Waals surface area contributed by atoms with Gasteiger partial charge in [0.1, 0.15) is 0 Å². The van der Waals surface area contributed by atoms with Crippen molar-refractivity contribution >= 4 is 0 Å². The molecular weight excluding hydrogens is 206 g/mol. The Hall–Kier alpha value is -0.460.